The van der Waals surface area contributed by atoms with Crippen LogP contribution in [0.5, 0.6) is 0 Å². The van der Waals surface area contributed by atoms with Gasteiger partial charge in [-0.15, -0.1) is 0 Å². The van der Waals surface area contributed by atoms with E-state index in [1.807, 2.05) is 11.8 Å². The average Bonchev–Trinajstić information content (AvgIpc) is 2.76. The van der Waals surface area contributed by atoms with Crippen LogP contribution < -0.4 is 5.32 Å². The van der Waals surface area contributed by atoms with Gasteiger partial charge in [0.2, 0.25) is 5.91 Å². The van der Waals surface area contributed by atoms with Crippen molar-refractivity contribution in [1.82, 2.24) is 15.1 Å². The van der Waals surface area contributed by atoms with Gasteiger partial charge in [-0.05, 0) is 62.8 Å². The Labute approximate surface area is 197 Å². The Balaban J connectivity index is 1.55. The van der Waals surface area contributed by atoms with Crippen molar-refractivity contribution in [3.8, 4) is 0 Å². The molecule has 2 aliphatic rings. The Kier molecular flexibility index (Phi) is 8.97. The van der Waals surface area contributed by atoms with Gasteiger partial charge in [0.05, 0.1) is 12.2 Å². The van der Waals surface area contributed by atoms with E-state index in [9.17, 15) is 9.59 Å². The van der Waals surface area contributed by atoms with E-state index in [0.717, 1.165) is 52.0 Å². The average molecular weight is 464 g/mol. The molecule has 2 aliphatic heterocycles. The lowest BCUT2D eigenvalue weighted by molar-refractivity contribution is -0.136. The quantitative estimate of drug-likeness (QED) is 0.667. The molecule has 1 aromatic carbocycles. The normalized spacial score (nSPS) is 24.7. The Morgan fingerprint density at radius 1 is 1.12 bits per heavy atom. The van der Waals surface area contributed by atoms with E-state index in [1.165, 1.54) is 0 Å². The second kappa shape index (κ2) is 11.5. The fraction of sp³-hybridized carbons (Fsp3) is 0.680. The van der Waals surface area contributed by atoms with Crippen molar-refractivity contribution in [1.29, 1.82) is 0 Å². The van der Waals surface area contributed by atoms with Gasteiger partial charge < -0.3 is 15.0 Å². The van der Waals surface area contributed by atoms with Gasteiger partial charge in [-0.25, -0.2) is 0 Å². The second-order valence-corrected chi connectivity index (χ2v) is 10.0. The van der Waals surface area contributed by atoms with Crippen molar-refractivity contribution in [2.75, 3.05) is 32.7 Å². The summed E-state index contributed by atoms with van der Waals surface area (Å²) in [6, 6.07) is 6.25. The molecule has 2 saturated heterocycles. The zero-order valence-electron chi connectivity index (χ0n) is 19.9. The lowest BCUT2D eigenvalue weighted by atomic mass is 9.93. The van der Waals surface area contributed by atoms with Crippen molar-refractivity contribution < 1.29 is 14.3 Å². The monoisotopic (exact) mass is 463 g/mol. The highest BCUT2D eigenvalue weighted by molar-refractivity contribution is 6.30. The molecule has 32 heavy (non-hydrogen) atoms. The van der Waals surface area contributed by atoms with E-state index >= 15 is 0 Å². The minimum Gasteiger partial charge on any atom is -0.373 e. The van der Waals surface area contributed by atoms with Crippen LogP contribution in [0.4, 0.5) is 0 Å². The van der Waals surface area contributed by atoms with Crippen LogP contribution in [0.15, 0.2) is 24.3 Å². The first kappa shape index (κ1) is 25.0. The number of morpholine rings is 1. The standard InChI is InChI=1S/C25H38ClN3O3/c1-5-17(2)23(27-24(30)21-6-8-22(26)9-7-21)25(31)29-12-10-20(11-13-29)16-28-14-18(3)32-19(4)15-28/h6-9,17-20,23H,5,10-16H2,1-4H3,(H,27,30). The van der Waals surface area contributed by atoms with Crippen molar-refractivity contribution in [3.63, 3.8) is 0 Å². The number of benzene rings is 1. The van der Waals surface area contributed by atoms with E-state index in [1.54, 1.807) is 24.3 Å². The number of halogens is 1. The molecule has 0 radical (unpaired) electrons. The SMILES string of the molecule is CCC(C)C(NC(=O)c1ccc(Cl)cc1)C(=O)N1CCC(CN2CC(C)OC(C)C2)CC1. The highest BCUT2D eigenvalue weighted by Crippen LogP contribution is 2.23. The number of piperidine rings is 1. The number of hydrogen-bond donors (Lipinski definition) is 1. The number of nitrogens with zero attached hydrogens (tertiary/aromatic N) is 2. The van der Waals surface area contributed by atoms with Gasteiger partial charge in [0.1, 0.15) is 6.04 Å². The molecule has 7 heteroatoms. The van der Waals surface area contributed by atoms with Gasteiger partial charge in [0.25, 0.3) is 5.91 Å². The third-order valence-corrected chi connectivity index (χ3v) is 7.06. The highest BCUT2D eigenvalue weighted by Gasteiger charge is 2.33. The lowest BCUT2D eigenvalue weighted by Gasteiger charge is -2.40. The minimum absolute atomic E-state index is 0.0359. The lowest BCUT2D eigenvalue weighted by Crippen LogP contribution is -2.54. The molecular weight excluding hydrogens is 426 g/mol. The van der Waals surface area contributed by atoms with Crippen LogP contribution in [0, 0.1) is 11.8 Å². The molecule has 2 fully saturated rings. The molecule has 0 saturated carbocycles. The maximum atomic E-state index is 13.4. The van der Waals surface area contributed by atoms with Crippen LogP contribution in [-0.2, 0) is 9.53 Å². The molecule has 178 valence electrons. The van der Waals surface area contributed by atoms with E-state index in [2.05, 4.69) is 31.0 Å². The molecule has 0 aromatic heterocycles. The number of likely N-dealkylation sites (tertiary alicyclic amines) is 1. The van der Waals surface area contributed by atoms with Gasteiger partial charge in [0, 0.05) is 43.3 Å². The fourth-order valence-corrected chi connectivity index (χ4v) is 4.97. The van der Waals surface area contributed by atoms with Gasteiger partial charge >= 0.3 is 0 Å². The summed E-state index contributed by atoms with van der Waals surface area (Å²) in [5.74, 6) is 0.467. The van der Waals surface area contributed by atoms with Crippen LogP contribution in [0.2, 0.25) is 5.02 Å². The van der Waals surface area contributed by atoms with Crippen molar-refractivity contribution in [3.05, 3.63) is 34.9 Å². The maximum absolute atomic E-state index is 13.4. The maximum Gasteiger partial charge on any atom is 0.251 e. The third-order valence-electron chi connectivity index (χ3n) is 6.81. The number of carbonyl (C=O) groups is 2. The Bertz CT molecular complexity index is 754. The Morgan fingerprint density at radius 2 is 1.72 bits per heavy atom. The summed E-state index contributed by atoms with van der Waals surface area (Å²) in [5, 5.41) is 3.58. The predicted octanol–water partition coefficient (Wildman–Crippen LogP) is 3.83. The van der Waals surface area contributed by atoms with E-state index in [4.69, 9.17) is 16.3 Å². The molecule has 3 rings (SSSR count). The largest absolute Gasteiger partial charge is 0.373 e. The summed E-state index contributed by atoms with van der Waals surface area (Å²) >= 11 is 5.93. The molecule has 0 aliphatic carbocycles. The molecule has 4 unspecified atom stereocenters. The van der Waals surface area contributed by atoms with Gasteiger partial charge in [-0.1, -0.05) is 31.9 Å². The highest BCUT2D eigenvalue weighted by atomic mass is 35.5. The molecule has 1 aromatic rings. The fourth-order valence-electron chi connectivity index (χ4n) is 4.84. The van der Waals surface area contributed by atoms with E-state index in [-0.39, 0.29) is 29.9 Å². The first-order valence-corrected chi connectivity index (χ1v) is 12.4. The first-order valence-electron chi connectivity index (χ1n) is 12.0. The van der Waals surface area contributed by atoms with Crippen LogP contribution in [-0.4, -0.2) is 72.6 Å². The Hall–Kier alpha value is -1.63. The third kappa shape index (κ3) is 6.69. The summed E-state index contributed by atoms with van der Waals surface area (Å²) in [4.78, 5) is 30.6. The van der Waals surface area contributed by atoms with Crippen molar-refractivity contribution in [2.24, 2.45) is 11.8 Å². The number of amides is 2. The van der Waals surface area contributed by atoms with Gasteiger partial charge in [0.15, 0.2) is 0 Å². The molecule has 6 nitrogen and oxygen atoms in total. The van der Waals surface area contributed by atoms with Crippen molar-refractivity contribution >= 4 is 23.4 Å². The van der Waals surface area contributed by atoms with Crippen LogP contribution >= 0.6 is 11.6 Å². The summed E-state index contributed by atoms with van der Waals surface area (Å²) < 4.78 is 5.85. The minimum atomic E-state index is -0.513. The summed E-state index contributed by atoms with van der Waals surface area (Å²) in [7, 11) is 0. The molecular formula is C25H38ClN3O3. The molecule has 2 amide bonds. The van der Waals surface area contributed by atoms with Gasteiger partial charge in [-0.2, -0.15) is 0 Å². The van der Waals surface area contributed by atoms with Gasteiger partial charge in [-0.3, -0.25) is 14.5 Å². The molecule has 0 bridgehead atoms. The number of ether oxygens (including phenoxy) is 1. The molecule has 1 N–H and O–H groups in total. The zero-order chi connectivity index (χ0) is 23.3. The summed E-state index contributed by atoms with van der Waals surface area (Å²) in [6.07, 6.45) is 3.39. The topological polar surface area (TPSA) is 61.9 Å². The predicted molar refractivity (Wildman–Crippen MR) is 128 cm³/mol. The number of nitrogens with one attached hydrogen (secondary N) is 1. The van der Waals surface area contributed by atoms with Crippen LogP contribution in [0.3, 0.4) is 0 Å². The van der Waals surface area contributed by atoms with Crippen molar-refractivity contribution in [2.45, 2.75) is 65.2 Å². The second-order valence-electron chi connectivity index (χ2n) is 9.59. The number of carbonyl (C=O) groups excluding carboxylic acids is 2. The van der Waals surface area contributed by atoms with Crippen LogP contribution in [0.1, 0.15) is 57.3 Å². The summed E-state index contributed by atoms with van der Waals surface area (Å²) in [5.41, 5.74) is 0.517. The smallest absolute Gasteiger partial charge is 0.251 e. The van der Waals surface area contributed by atoms with Crippen LogP contribution in [0.25, 0.3) is 0 Å². The van der Waals surface area contributed by atoms with E-state index in [0.29, 0.717) is 16.5 Å². The van der Waals surface area contributed by atoms with E-state index < -0.39 is 6.04 Å². The molecule has 0 spiro atoms. The number of rotatable bonds is 7. The molecule has 4 atom stereocenters. The summed E-state index contributed by atoms with van der Waals surface area (Å²) in [6.45, 7) is 12.9. The molecule has 2 heterocycles. The Morgan fingerprint density at radius 3 is 2.28 bits per heavy atom. The number of hydrogen-bond acceptors (Lipinski definition) is 4. The zero-order valence-corrected chi connectivity index (χ0v) is 20.6. The first-order chi connectivity index (χ1) is 15.3.